The highest BCUT2D eigenvalue weighted by atomic mass is 35.5. The van der Waals surface area contributed by atoms with Crippen LogP contribution in [0.3, 0.4) is 0 Å². The topological polar surface area (TPSA) is 75.7 Å². The maximum atomic E-state index is 12.2. The van der Waals surface area contributed by atoms with Crippen LogP contribution in [0.2, 0.25) is 5.02 Å². The number of methoxy groups -OCH3 is 1. The number of benzene rings is 1. The summed E-state index contributed by atoms with van der Waals surface area (Å²) >= 11 is 6.02. The van der Waals surface area contributed by atoms with E-state index in [1.807, 2.05) is 0 Å². The first-order valence-electron chi connectivity index (χ1n) is 8.53. The van der Waals surface area contributed by atoms with E-state index >= 15 is 0 Å². The molecule has 1 heterocycles. The predicted molar refractivity (Wildman–Crippen MR) is 99.7 cm³/mol. The van der Waals surface area contributed by atoms with Crippen LogP contribution in [0.1, 0.15) is 38.5 Å². The maximum Gasteiger partial charge on any atom is 0.224 e. The van der Waals surface area contributed by atoms with Gasteiger partial charge in [-0.2, -0.15) is 0 Å². The number of piperidine rings is 1. The van der Waals surface area contributed by atoms with Crippen molar-refractivity contribution in [2.24, 2.45) is 0 Å². The second-order valence-electron chi connectivity index (χ2n) is 6.13. The first-order valence-corrected chi connectivity index (χ1v) is 10.5. The lowest BCUT2D eigenvalue weighted by molar-refractivity contribution is -0.116. The molecule has 1 saturated heterocycles. The third-order valence-corrected chi connectivity index (χ3v) is 6.45. The van der Waals surface area contributed by atoms with E-state index in [1.54, 1.807) is 22.5 Å². The van der Waals surface area contributed by atoms with Crippen LogP contribution in [0.4, 0.5) is 5.69 Å². The number of rotatable bonds is 8. The lowest BCUT2D eigenvalue weighted by Crippen LogP contribution is -2.37. The Morgan fingerprint density at radius 2 is 1.96 bits per heavy atom. The van der Waals surface area contributed by atoms with E-state index in [0.29, 0.717) is 42.4 Å². The number of halogens is 1. The molecule has 0 aromatic heterocycles. The van der Waals surface area contributed by atoms with Gasteiger partial charge in [0.1, 0.15) is 5.75 Å². The molecule has 8 heteroatoms. The molecule has 0 bridgehead atoms. The Bertz CT molecular complexity index is 688. The molecule has 1 aromatic carbocycles. The van der Waals surface area contributed by atoms with Gasteiger partial charge in [-0.25, -0.2) is 12.7 Å². The third-order valence-electron chi connectivity index (χ3n) is 4.20. The number of nitrogens with zero attached hydrogens (tertiary/aromatic N) is 1. The van der Waals surface area contributed by atoms with Gasteiger partial charge in [-0.1, -0.05) is 18.0 Å². The van der Waals surface area contributed by atoms with Crippen LogP contribution in [0, 0.1) is 0 Å². The normalized spacial score (nSPS) is 15.8. The molecule has 0 aliphatic carbocycles. The number of unbranched alkanes of at least 4 members (excludes halogenated alkanes) is 1. The average Bonchev–Trinajstić information content (AvgIpc) is 2.60. The van der Waals surface area contributed by atoms with Gasteiger partial charge >= 0.3 is 0 Å². The fourth-order valence-corrected chi connectivity index (χ4v) is 4.71. The first kappa shape index (κ1) is 20.0. The molecule has 140 valence electrons. The minimum Gasteiger partial charge on any atom is -0.495 e. The number of amides is 1. The molecule has 0 spiro atoms. The number of hydrogen-bond acceptors (Lipinski definition) is 4. The molecule has 1 N–H and O–H groups in total. The Hall–Kier alpha value is -1.31. The largest absolute Gasteiger partial charge is 0.495 e. The summed E-state index contributed by atoms with van der Waals surface area (Å²) < 4.78 is 31.1. The minimum atomic E-state index is -3.18. The number of carbonyl (C=O) groups excluding carboxylic acids is 1. The lowest BCUT2D eigenvalue weighted by Gasteiger charge is -2.25. The van der Waals surface area contributed by atoms with Gasteiger partial charge in [0.05, 0.1) is 17.9 Å². The van der Waals surface area contributed by atoms with Crippen molar-refractivity contribution in [1.82, 2.24) is 4.31 Å². The van der Waals surface area contributed by atoms with Crippen molar-refractivity contribution >= 4 is 33.2 Å². The Morgan fingerprint density at radius 1 is 1.24 bits per heavy atom. The summed E-state index contributed by atoms with van der Waals surface area (Å²) in [6, 6.07) is 5.02. The van der Waals surface area contributed by atoms with Gasteiger partial charge in [0.25, 0.3) is 0 Å². The lowest BCUT2D eigenvalue weighted by atomic mass is 10.2. The van der Waals surface area contributed by atoms with E-state index in [2.05, 4.69) is 5.32 Å². The molecule has 0 unspecified atom stereocenters. The molecule has 1 aliphatic heterocycles. The highest BCUT2D eigenvalue weighted by molar-refractivity contribution is 7.89. The Labute approximate surface area is 154 Å². The number of ether oxygens (including phenoxy) is 1. The van der Waals surface area contributed by atoms with Gasteiger partial charge in [-0.3, -0.25) is 4.79 Å². The Kier molecular flexibility index (Phi) is 7.53. The van der Waals surface area contributed by atoms with Gasteiger partial charge in [-0.05, 0) is 43.9 Å². The molecule has 0 atom stereocenters. The molecule has 1 fully saturated rings. The van der Waals surface area contributed by atoms with Crippen LogP contribution in [0.25, 0.3) is 0 Å². The van der Waals surface area contributed by atoms with Crippen molar-refractivity contribution in [2.45, 2.75) is 38.5 Å². The highest BCUT2D eigenvalue weighted by Gasteiger charge is 2.23. The molecular weight excluding hydrogens is 364 g/mol. The first-order chi connectivity index (χ1) is 11.9. The van der Waals surface area contributed by atoms with Crippen molar-refractivity contribution in [1.29, 1.82) is 0 Å². The van der Waals surface area contributed by atoms with Crippen LogP contribution in [0.15, 0.2) is 18.2 Å². The number of sulfonamides is 1. The summed E-state index contributed by atoms with van der Waals surface area (Å²) in [4.78, 5) is 12.0. The fraction of sp³-hybridized carbons (Fsp3) is 0.588. The summed E-state index contributed by atoms with van der Waals surface area (Å²) in [6.07, 6.45) is 4.26. The number of nitrogens with one attached hydrogen (secondary N) is 1. The Balaban J connectivity index is 1.72. The summed E-state index contributed by atoms with van der Waals surface area (Å²) in [5.41, 5.74) is 0.594. The van der Waals surface area contributed by atoms with Gasteiger partial charge in [0.2, 0.25) is 15.9 Å². The zero-order valence-electron chi connectivity index (χ0n) is 14.5. The SMILES string of the molecule is COc1ccc(NC(=O)CCCCS(=O)(=O)N2CCCCC2)cc1Cl. The zero-order chi connectivity index (χ0) is 18.3. The number of carbonyl (C=O) groups is 1. The van der Waals surface area contributed by atoms with E-state index in [4.69, 9.17) is 16.3 Å². The minimum absolute atomic E-state index is 0.106. The van der Waals surface area contributed by atoms with E-state index in [9.17, 15) is 13.2 Å². The molecule has 25 heavy (non-hydrogen) atoms. The quantitative estimate of drug-likeness (QED) is 0.693. The predicted octanol–water partition coefficient (Wildman–Crippen LogP) is 3.27. The molecular formula is C17H25ClN2O4S. The van der Waals surface area contributed by atoms with Crippen molar-refractivity contribution < 1.29 is 17.9 Å². The second kappa shape index (κ2) is 9.40. The van der Waals surface area contributed by atoms with Crippen molar-refractivity contribution in [3.8, 4) is 5.75 Å². The van der Waals surface area contributed by atoms with Crippen molar-refractivity contribution in [3.63, 3.8) is 0 Å². The summed E-state index contributed by atoms with van der Waals surface area (Å²) in [5, 5.41) is 3.18. The van der Waals surface area contributed by atoms with Crippen LogP contribution in [0.5, 0.6) is 5.75 Å². The monoisotopic (exact) mass is 388 g/mol. The number of anilines is 1. The Morgan fingerprint density at radius 3 is 2.60 bits per heavy atom. The highest BCUT2D eigenvalue weighted by Crippen LogP contribution is 2.27. The zero-order valence-corrected chi connectivity index (χ0v) is 16.0. The summed E-state index contributed by atoms with van der Waals surface area (Å²) in [7, 11) is -1.66. The van der Waals surface area contributed by atoms with E-state index in [1.165, 1.54) is 7.11 Å². The number of hydrogen-bond donors (Lipinski definition) is 1. The molecule has 2 rings (SSSR count). The van der Waals surface area contributed by atoms with Crippen LogP contribution < -0.4 is 10.1 Å². The van der Waals surface area contributed by atoms with Gasteiger partial charge in [0.15, 0.2) is 0 Å². The van der Waals surface area contributed by atoms with Crippen LogP contribution in [-0.4, -0.2) is 44.6 Å². The molecule has 1 amide bonds. The van der Waals surface area contributed by atoms with Gasteiger partial charge in [0, 0.05) is 25.2 Å². The summed E-state index contributed by atoms with van der Waals surface area (Å²) in [5.74, 6) is 0.494. The van der Waals surface area contributed by atoms with E-state index < -0.39 is 10.0 Å². The van der Waals surface area contributed by atoms with E-state index in [0.717, 1.165) is 19.3 Å². The van der Waals surface area contributed by atoms with Crippen LogP contribution >= 0.6 is 11.6 Å². The average molecular weight is 389 g/mol. The van der Waals surface area contributed by atoms with Gasteiger partial charge in [-0.15, -0.1) is 0 Å². The third kappa shape index (κ3) is 6.17. The van der Waals surface area contributed by atoms with Crippen molar-refractivity contribution in [3.05, 3.63) is 23.2 Å². The van der Waals surface area contributed by atoms with Gasteiger partial charge < -0.3 is 10.1 Å². The molecule has 1 aromatic rings. The fourth-order valence-electron chi connectivity index (χ4n) is 2.81. The summed E-state index contributed by atoms with van der Waals surface area (Å²) in [6.45, 7) is 1.25. The van der Waals surface area contributed by atoms with E-state index in [-0.39, 0.29) is 18.1 Å². The van der Waals surface area contributed by atoms with Crippen LogP contribution in [-0.2, 0) is 14.8 Å². The molecule has 1 aliphatic rings. The molecule has 6 nitrogen and oxygen atoms in total. The second-order valence-corrected chi connectivity index (χ2v) is 8.63. The standard InChI is InChI=1S/C17H25ClN2O4S/c1-24-16-9-8-14(13-15(16)18)19-17(21)7-3-6-12-25(22,23)20-10-4-2-5-11-20/h8-9,13H,2-7,10-12H2,1H3,(H,19,21). The molecule has 0 radical (unpaired) electrons. The smallest absolute Gasteiger partial charge is 0.224 e. The molecule has 0 saturated carbocycles. The maximum absolute atomic E-state index is 12.2. The van der Waals surface area contributed by atoms with Crippen molar-refractivity contribution in [2.75, 3.05) is 31.3 Å².